The van der Waals surface area contributed by atoms with Gasteiger partial charge < -0.3 is 10.0 Å². The van der Waals surface area contributed by atoms with Crippen LogP contribution in [0.15, 0.2) is 48.4 Å². The molecule has 5 rings (SSSR count). The lowest BCUT2D eigenvalue weighted by molar-refractivity contribution is 0.0305. The zero-order chi connectivity index (χ0) is 17.5. The molecule has 3 heterocycles. The Bertz CT molecular complexity index is 865. The molecule has 3 aromatic rings. The van der Waals surface area contributed by atoms with E-state index in [1.165, 1.54) is 0 Å². The third-order valence-corrected chi connectivity index (χ3v) is 6.62. The lowest BCUT2D eigenvalue weighted by Gasteiger charge is -2.34. The van der Waals surface area contributed by atoms with Gasteiger partial charge in [0.15, 0.2) is 5.13 Å². The summed E-state index contributed by atoms with van der Waals surface area (Å²) in [5.74, 6) is 1.09. The van der Waals surface area contributed by atoms with Gasteiger partial charge in [0.2, 0.25) is 0 Å². The van der Waals surface area contributed by atoms with Gasteiger partial charge in [-0.2, -0.15) is 5.10 Å². The van der Waals surface area contributed by atoms with Crippen LogP contribution < -0.4 is 4.90 Å². The van der Waals surface area contributed by atoms with Crippen molar-refractivity contribution in [3.63, 3.8) is 0 Å². The average Bonchev–Trinajstić information content (AvgIpc) is 3.41. The predicted molar refractivity (Wildman–Crippen MR) is 101 cm³/mol. The first kappa shape index (κ1) is 16.0. The van der Waals surface area contributed by atoms with E-state index in [9.17, 15) is 5.11 Å². The third kappa shape index (κ3) is 2.81. The van der Waals surface area contributed by atoms with E-state index in [2.05, 4.69) is 32.5 Å². The summed E-state index contributed by atoms with van der Waals surface area (Å²) in [6.45, 7) is 1.98. The second-order valence-corrected chi connectivity index (χ2v) is 8.12. The number of benzene rings is 1. The summed E-state index contributed by atoms with van der Waals surface area (Å²) in [7, 11) is 0. The standard InChI is InChI=1S/C19H21N5OS/c25-18-7-15-9-23(8-14(15)6-17(18)24-12-20-11-21-24)19-22-16(10-26-19)13-4-2-1-3-5-13/h1-5,10-12,14-15,17-18,25H,6-9H2/t14-,15+,17-,18-/m1/s1. The molecule has 0 spiro atoms. The number of aromatic nitrogens is 4. The van der Waals surface area contributed by atoms with Crippen molar-refractivity contribution in [2.75, 3.05) is 18.0 Å². The zero-order valence-corrected chi connectivity index (χ0v) is 15.2. The second-order valence-electron chi connectivity index (χ2n) is 7.29. The highest BCUT2D eigenvalue weighted by Crippen LogP contribution is 2.43. The molecule has 0 unspecified atom stereocenters. The maximum atomic E-state index is 10.6. The Morgan fingerprint density at radius 3 is 2.65 bits per heavy atom. The summed E-state index contributed by atoms with van der Waals surface area (Å²) in [6, 6.07) is 10.4. The van der Waals surface area contributed by atoms with Crippen molar-refractivity contribution in [2.24, 2.45) is 11.8 Å². The molecule has 4 atom stereocenters. The van der Waals surface area contributed by atoms with Crippen LogP contribution in [-0.4, -0.2) is 44.0 Å². The van der Waals surface area contributed by atoms with E-state index in [1.807, 2.05) is 22.9 Å². The normalized spacial score (nSPS) is 28.3. The quantitative estimate of drug-likeness (QED) is 0.771. The molecule has 2 aromatic heterocycles. The van der Waals surface area contributed by atoms with Crippen LogP contribution in [-0.2, 0) is 0 Å². The topological polar surface area (TPSA) is 67.1 Å². The van der Waals surface area contributed by atoms with Crippen LogP contribution in [0.3, 0.4) is 0 Å². The van der Waals surface area contributed by atoms with Gasteiger partial charge >= 0.3 is 0 Å². The Morgan fingerprint density at radius 1 is 1.08 bits per heavy atom. The fraction of sp³-hybridized carbons (Fsp3) is 0.421. The molecule has 2 aliphatic rings. The van der Waals surface area contributed by atoms with Gasteiger partial charge in [0.1, 0.15) is 12.7 Å². The Hall–Kier alpha value is -2.25. The molecule has 7 heteroatoms. The van der Waals surface area contributed by atoms with Gasteiger partial charge in [0.05, 0.1) is 17.8 Å². The Balaban J connectivity index is 1.32. The molecule has 1 aliphatic heterocycles. The lowest BCUT2D eigenvalue weighted by atomic mass is 9.77. The largest absolute Gasteiger partial charge is 0.391 e. The van der Waals surface area contributed by atoms with Crippen molar-refractivity contribution in [3.8, 4) is 11.3 Å². The van der Waals surface area contributed by atoms with Crippen molar-refractivity contribution in [2.45, 2.75) is 25.0 Å². The van der Waals surface area contributed by atoms with Crippen LogP contribution in [0.2, 0.25) is 0 Å². The zero-order valence-electron chi connectivity index (χ0n) is 14.3. The first-order chi connectivity index (χ1) is 12.8. The average molecular weight is 367 g/mol. The molecule has 1 saturated heterocycles. The molecule has 0 radical (unpaired) electrons. The van der Waals surface area contributed by atoms with E-state index >= 15 is 0 Å². The van der Waals surface area contributed by atoms with E-state index < -0.39 is 0 Å². The van der Waals surface area contributed by atoms with Gasteiger partial charge in [-0.3, -0.25) is 0 Å². The van der Waals surface area contributed by atoms with Crippen molar-refractivity contribution >= 4 is 16.5 Å². The Kier molecular flexibility index (Phi) is 3.98. The number of fused-ring (bicyclic) bond motifs is 1. The van der Waals surface area contributed by atoms with Crippen molar-refractivity contribution in [3.05, 3.63) is 48.4 Å². The maximum Gasteiger partial charge on any atom is 0.185 e. The van der Waals surface area contributed by atoms with Crippen LogP contribution in [0.4, 0.5) is 5.13 Å². The Labute approximate surface area is 156 Å². The smallest absolute Gasteiger partial charge is 0.185 e. The predicted octanol–water partition coefficient (Wildman–Crippen LogP) is 2.85. The van der Waals surface area contributed by atoms with E-state index in [0.717, 1.165) is 42.3 Å². The molecule has 6 nitrogen and oxygen atoms in total. The van der Waals surface area contributed by atoms with Crippen LogP contribution in [0.5, 0.6) is 0 Å². The monoisotopic (exact) mass is 367 g/mol. The second kappa shape index (κ2) is 6.48. The number of hydrogen-bond acceptors (Lipinski definition) is 6. The summed E-state index contributed by atoms with van der Waals surface area (Å²) in [5, 5.41) is 18.0. The molecular formula is C19H21N5OS. The minimum atomic E-state index is -0.353. The van der Waals surface area contributed by atoms with Gasteiger partial charge in [-0.25, -0.2) is 14.6 Å². The summed E-state index contributed by atoms with van der Waals surface area (Å²) in [4.78, 5) is 11.3. The lowest BCUT2D eigenvalue weighted by Crippen LogP contribution is -2.36. The number of hydrogen-bond donors (Lipinski definition) is 1. The van der Waals surface area contributed by atoms with Crippen molar-refractivity contribution in [1.82, 2.24) is 19.7 Å². The molecule has 1 saturated carbocycles. The molecule has 0 bridgehead atoms. The summed E-state index contributed by atoms with van der Waals surface area (Å²) >= 11 is 1.71. The van der Waals surface area contributed by atoms with Crippen LogP contribution >= 0.6 is 11.3 Å². The first-order valence-electron chi connectivity index (χ1n) is 9.06. The highest BCUT2D eigenvalue weighted by Gasteiger charge is 2.43. The fourth-order valence-corrected chi connectivity index (χ4v) is 5.24. The van der Waals surface area contributed by atoms with Crippen molar-refractivity contribution < 1.29 is 5.11 Å². The highest BCUT2D eigenvalue weighted by molar-refractivity contribution is 7.14. The van der Waals surface area contributed by atoms with Gasteiger partial charge in [0, 0.05) is 24.0 Å². The summed E-state index contributed by atoms with van der Waals surface area (Å²) < 4.78 is 1.82. The van der Waals surface area contributed by atoms with Gasteiger partial charge in [-0.05, 0) is 24.7 Å². The Morgan fingerprint density at radius 2 is 1.88 bits per heavy atom. The number of rotatable bonds is 3. The van der Waals surface area contributed by atoms with Crippen LogP contribution in [0, 0.1) is 11.8 Å². The van der Waals surface area contributed by atoms with Crippen molar-refractivity contribution in [1.29, 1.82) is 0 Å². The number of thiazole rings is 1. The fourth-order valence-electron chi connectivity index (χ4n) is 4.39. The SMILES string of the molecule is O[C@@H]1C[C@H]2CN(c3nc(-c4ccccc4)cs3)C[C@H]2C[C@H]1n1cncn1. The molecular weight excluding hydrogens is 346 g/mol. The van der Waals surface area contributed by atoms with E-state index in [-0.39, 0.29) is 12.1 Å². The molecule has 0 amide bonds. The third-order valence-electron chi connectivity index (χ3n) is 5.72. The minimum Gasteiger partial charge on any atom is -0.391 e. The van der Waals surface area contributed by atoms with Gasteiger partial charge in [-0.1, -0.05) is 30.3 Å². The molecule has 2 fully saturated rings. The molecule has 134 valence electrons. The van der Waals surface area contributed by atoms with E-state index in [4.69, 9.17) is 4.98 Å². The number of aliphatic hydroxyl groups is 1. The van der Waals surface area contributed by atoms with E-state index in [1.54, 1.807) is 24.0 Å². The summed E-state index contributed by atoms with van der Waals surface area (Å²) in [5.41, 5.74) is 2.20. The molecule has 1 aromatic carbocycles. The number of nitrogens with zero attached hydrogens (tertiary/aromatic N) is 5. The highest BCUT2D eigenvalue weighted by atomic mass is 32.1. The van der Waals surface area contributed by atoms with Gasteiger partial charge in [0.25, 0.3) is 0 Å². The van der Waals surface area contributed by atoms with Crippen LogP contribution in [0.25, 0.3) is 11.3 Å². The molecule has 1 N–H and O–H groups in total. The number of anilines is 1. The minimum absolute atomic E-state index is 0.0369. The first-order valence-corrected chi connectivity index (χ1v) is 9.94. The van der Waals surface area contributed by atoms with Gasteiger partial charge in [-0.15, -0.1) is 11.3 Å². The summed E-state index contributed by atoms with van der Waals surface area (Å²) in [6.07, 6.45) is 4.67. The maximum absolute atomic E-state index is 10.6. The molecule has 26 heavy (non-hydrogen) atoms. The number of aliphatic hydroxyl groups excluding tert-OH is 1. The molecule has 1 aliphatic carbocycles. The van der Waals surface area contributed by atoms with E-state index in [0.29, 0.717) is 11.8 Å². The van der Waals surface area contributed by atoms with Crippen LogP contribution in [0.1, 0.15) is 18.9 Å².